The fourth-order valence-corrected chi connectivity index (χ4v) is 3.15. The van der Waals surface area contributed by atoms with Crippen molar-refractivity contribution in [2.75, 3.05) is 12.0 Å². The van der Waals surface area contributed by atoms with Crippen LogP contribution in [0.2, 0.25) is 0 Å². The Morgan fingerprint density at radius 1 is 1.08 bits per heavy atom. The van der Waals surface area contributed by atoms with Crippen molar-refractivity contribution in [1.29, 1.82) is 0 Å². The molecule has 0 aliphatic heterocycles. The van der Waals surface area contributed by atoms with Crippen LogP contribution >= 0.6 is 11.8 Å². The number of thioether (sulfide) groups is 1. The van der Waals surface area contributed by atoms with Crippen molar-refractivity contribution in [2.24, 2.45) is 0 Å². The molecule has 0 aliphatic rings. The molecule has 0 saturated carbocycles. The monoisotopic (exact) mass is 358 g/mol. The maximum atomic E-state index is 12.6. The minimum atomic E-state index is -0.484. The molecule has 2 amide bonds. The summed E-state index contributed by atoms with van der Waals surface area (Å²) < 4.78 is 0. The molecule has 5 heteroatoms. The molecule has 0 saturated heterocycles. The van der Waals surface area contributed by atoms with Crippen molar-refractivity contribution in [3.8, 4) is 0 Å². The first-order chi connectivity index (χ1) is 12.0. The van der Waals surface area contributed by atoms with Crippen LogP contribution in [0.4, 0.5) is 0 Å². The van der Waals surface area contributed by atoms with Crippen LogP contribution in [0, 0.1) is 0 Å². The molecule has 2 atom stereocenters. The van der Waals surface area contributed by atoms with Crippen molar-refractivity contribution in [1.82, 2.24) is 10.6 Å². The number of fused-ring (bicyclic) bond motifs is 1. The van der Waals surface area contributed by atoms with Crippen molar-refractivity contribution < 1.29 is 9.59 Å². The Balaban J connectivity index is 2.07. The van der Waals surface area contributed by atoms with Crippen molar-refractivity contribution in [2.45, 2.75) is 38.8 Å². The summed E-state index contributed by atoms with van der Waals surface area (Å²) in [6, 6.07) is 13.8. The second-order valence-corrected chi connectivity index (χ2v) is 7.08. The summed E-state index contributed by atoms with van der Waals surface area (Å²) in [7, 11) is 0. The summed E-state index contributed by atoms with van der Waals surface area (Å²) >= 11 is 1.67. The van der Waals surface area contributed by atoms with Crippen LogP contribution in [0.1, 0.15) is 38.3 Å². The highest BCUT2D eigenvalue weighted by Gasteiger charge is 2.21. The molecule has 4 nitrogen and oxygen atoms in total. The molecule has 0 heterocycles. The summed E-state index contributed by atoms with van der Waals surface area (Å²) in [6.07, 6.45) is 3.00. The Labute approximate surface area is 153 Å². The average molecular weight is 359 g/mol. The van der Waals surface area contributed by atoms with Crippen LogP contribution in [0.15, 0.2) is 42.5 Å². The van der Waals surface area contributed by atoms with E-state index < -0.39 is 6.04 Å². The standard InChI is InChI=1S/C20H26N2O2S/c1-4-19(23)22-18(11-12-25-3)20(24)21-14(2)16-10-9-15-7-5-6-8-17(15)13-16/h5-10,13-14,18H,4,11-12H2,1-3H3,(H,21,24)(H,22,23)/t14-,18-/m1/s1. The van der Waals surface area contributed by atoms with Gasteiger partial charge in [-0.1, -0.05) is 43.3 Å². The third-order valence-electron chi connectivity index (χ3n) is 4.22. The smallest absolute Gasteiger partial charge is 0.243 e. The van der Waals surface area contributed by atoms with E-state index in [-0.39, 0.29) is 17.9 Å². The second-order valence-electron chi connectivity index (χ2n) is 6.09. The lowest BCUT2D eigenvalue weighted by atomic mass is 10.0. The van der Waals surface area contributed by atoms with Gasteiger partial charge in [0.15, 0.2) is 0 Å². The highest BCUT2D eigenvalue weighted by atomic mass is 32.2. The lowest BCUT2D eigenvalue weighted by Gasteiger charge is -2.21. The predicted octanol–water partition coefficient (Wildman–Crippen LogP) is 3.66. The van der Waals surface area contributed by atoms with E-state index in [4.69, 9.17) is 0 Å². The molecule has 0 radical (unpaired) electrons. The maximum Gasteiger partial charge on any atom is 0.243 e. The zero-order chi connectivity index (χ0) is 18.2. The van der Waals surface area contributed by atoms with Crippen LogP contribution in [0.25, 0.3) is 10.8 Å². The highest BCUT2D eigenvalue weighted by molar-refractivity contribution is 7.98. The number of rotatable bonds is 8. The van der Waals surface area contributed by atoms with E-state index in [0.29, 0.717) is 12.8 Å². The molecular weight excluding hydrogens is 332 g/mol. The molecule has 25 heavy (non-hydrogen) atoms. The predicted molar refractivity (Wildman–Crippen MR) is 106 cm³/mol. The fourth-order valence-electron chi connectivity index (χ4n) is 2.68. The molecule has 0 aliphatic carbocycles. The number of nitrogens with one attached hydrogen (secondary N) is 2. The van der Waals surface area contributed by atoms with Crippen LogP contribution < -0.4 is 10.6 Å². The summed E-state index contributed by atoms with van der Waals surface area (Å²) in [4.78, 5) is 24.3. The highest BCUT2D eigenvalue weighted by Crippen LogP contribution is 2.20. The molecule has 0 aromatic heterocycles. The molecule has 2 N–H and O–H groups in total. The first kappa shape index (κ1) is 19.3. The molecule has 0 spiro atoms. The third kappa shape index (κ3) is 5.49. The molecular formula is C20H26N2O2S. The molecule has 0 unspecified atom stereocenters. The van der Waals surface area contributed by atoms with E-state index in [9.17, 15) is 9.59 Å². The Morgan fingerprint density at radius 2 is 1.80 bits per heavy atom. The first-order valence-electron chi connectivity index (χ1n) is 8.62. The Bertz CT molecular complexity index is 732. The zero-order valence-corrected chi connectivity index (χ0v) is 15.9. The summed E-state index contributed by atoms with van der Waals surface area (Å²) in [6.45, 7) is 3.76. The van der Waals surface area contributed by atoms with E-state index in [1.807, 2.05) is 31.4 Å². The van der Waals surface area contributed by atoms with Gasteiger partial charge in [0.25, 0.3) is 0 Å². The lowest BCUT2D eigenvalue weighted by molar-refractivity contribution is -0.129. The van der Waals surface area contributed by atoms with Gasteiger partial charge in [-0.05, 0) is 47.8 Å². The minimum absolute atomic E-state index is 0.0976. The quantitative estimate of drug-likeness (QED) is 0.757. The second kappa shape index (κ2) is 9.47. The van der Waals surface area contributed by atoms with E-state index in [0.717, 1.165) is 16.7 Å². The van der Waals surface area contributed by atoms with Gasteiger partial charge < -0.3 is 10.6 Å². The van der Waals surface area contributed by atoms with Crippen LogP contribution in [0.3, 0.4) is 0 Å². The van der Waals surface area contributed by atoms with E-state index in [1.165, 1.54) is 5.39 Å². The van der Waals surface area contributed by atoms with Gasteiger partial charge >= 0.3 is 0 Å². The van der Waals surface area contributed by atoms with Crippen molar-refractivity contribution in [3.05, 3.63) is 48.0 Å². The topological polar surface area (TPSA) is 58.2 Å². The maximum absolute atomic E-state index is 12.6. The Hall–Kier alpha value is -2.01. The summed E-state index contributed by atoms with van der Waals surface area (Å²) in [5.41, 5.74) is 1.05. The van der Waals surface area contributed by atoms with Gasteiger partial charge in [-0.3, -0.25) is 9.59 Å². The Morgan fingerprint density at radius 3 is 2.48 bits per heavy atom. The average Bonchev–Trinajstić information content (AvgIpc) is 2.64. The number of benzene rings is 2. The van der Waals surface area contributed by atoms with Gasteiger partial charge in [0, 0.05) is 6.42 Å². The first-order valence-corrected chi connectivity index (χ1v) is 10.0. The lowest BCUT2D eigenvalue weighted by Crippen LogP contribution is -2.47. The molecule has 0 bridgehead atoms. The zero-order valence-electron chi connectivity index (χ0n) is 15.0. The fraction of sp³-hybridized carbons (Fsp3) is 0.400. The van der Waals surface area contributed by atoms with E-state index >= 15 is 0 Å². The van der Waals surface area contributed by atoms with E-state index in [2.05, 4.69) is 34.9 Å². The van der Waals surface area contributed by atoms with Crippen molar-refractivity contribution >= 4 is 34.3 Å². The SMILES string of the molecule is CCC(=O)N[C@H](CCSC)C(=O)N[C@H](C)c1ccc2ccccc2c1. The third-order valence-corrected chi connectivity index (χ3v) is 4.86. The molecule has 134 valence electrons. The molecule has 2 rings (SSSR count). The number of hydrogen-bond acceptors (Lipinski definition) is 3. The van der Waals surface area contributed by atoms with Gasteiger partial charge in [0.05, 0.1) is 6.04 Å². The minimum Gasteiger partial charge on any atom is -0.348 e. The van der Waals surface area contributed by atoms with Crippen LogP contribution in [0.5, 0.6) is 0 Å². The molecule has 2 aromatic rings. The normalized spacial score (nSPS) is 13.2. The van der Waals surface area contributed by atoms with Gasteiger partial charge in [0.2, 0.25) is 11.8 Å². The van der Waals surface area contributed by atoms with E-state index in [1.54, 1.807) is 18.7 Å². The molecule has 0 fully saturated rings. The largest absolute Gasteiger partial charge is 0.348 e. The number of hydrogen-bond donors (Lipinski definition) is 2. The van der Waals surface area contributed by atoms with Gasteiger partial charge in [0.1, 0.15) is 6.04 Å². The number of carbonyl (C=O) groups excluding carboxylic acids is 2. The molecule has 2 aromatic carbocycles. The summed E-state index contributed by atoms with van der Waals surface area (Å²) in [5.74, 6) is 0.600. The van der Waals surface area contributed by atoms with Gasteiger partial charge in [-0.15, -0.1) is 0 Å². The van der Waals surface area contributed by atoms with Crippen LogP contribution in [-0.2, 0) is 9.59 Å². The van der Waals surface area contributed by atoms with Crippen molar-refractivity contribution in [3.63, 3.8) is 0 Å². The number of amides is 2. The van der Waals surface area contributed by atoms with Crippen LogP contribution in [-0.4, -0.2) is 29.9 Å². The summed E-state index contributed by atoms with van der Waals surface area (Å²) in [5, 5.41) is 8.19. The van der Waals surface area contributed by atoms with Gasteiger partial charge in [-0.25, -0.2) is 0 Å². The van der Waals surface area contributed by atoms with Gasteiger partial charge in [-0.2, -0.15) is 11.8 Å². The Kier molecular flexibility index (Phi) is 7.31. The number of carbonyl (C=O) groups is 2.